The fraction of sp³-hybridized carbons (Fsp3) is 0.368. The second kappa shape index (κ2) is 5.53. The molecule has 0 aliphatic heterocycles. The molecule has 0 spiro atoms. The zero-order valence-electron chi connectivity index (χ0n) is 12.8. The van der Waals surface area contributed by atoms with E-state index in [0.717, 1.165) is 24.2 Å². The number of benzene rings is 2. The quantitative estimate of drug-likeness (QED) is 0.913. The Hall–Kier alpha value is -1.80. The number of rotatable bonds is 3. The van der Waals surface area contributed by atoms with Crippen molar-refractivity contribution in [2.45, 2.75) is 38.8 Å². The van der Waals surface area contributed by atoms with Gasteiger partial charge in [-0.1, -0.05) is 62.4 Å². The highest BCUT2D eigenvalue weighted by atomic mass is 16.5. The van der Waals surface area contributed by atoms with Crippen LogP contribution in [0.5, 0.6) is 5.75 Å². The molecule has 0 bridgehead atoms. The van der Waals surface area contributed by atoms with E-state index >= 15 is 0 Å². The lowest BCUT2D eigenvalue weighted by molar-refractivity contribution is 0.165. The summed E-state index contributed by atoms with van der Waals surface area (Å²) >= 11 is 0. The molecule has 0 amide bonds. The van der Waals surface area contributed by atoms with Crippen LogP contribution in [0.3, 0.4) is 0 Å². The van der Waals surface area contributed by atoms with Gasteiger partial charge in [0.25, 0.3) is 0 Å². The van der Waals surface area contributed by atoms with Crippen molar-refractivity contribution in [3.63, 3.8) is 0 Å². The molecule has 2 atom stereocenters. The SMILES string of the molecule is CC1(C)CCC(Oc2ccccc2-c2ccccc2)C1N. The van der Waals surface area contributed by atoms with Crippen molar-refractivity contribution in [2.75, 3.05) is 0 Å². The Balaban J connectivity index is 1.87. The van der Waals surface area contributed by atoms with Gasteiger partial charge < -0.3 is 10.5 Å². The first-order valence-electron chi connectivity index (χ1n) is 7.65. The van der Waals surface area contributed by atoms with Crippen LogP contribution < -0.4 is 10.5 Å². The van der Waals surface area contributed by atoms with Gasteiger partial charge >= 0.3 is 0 Å². The number of hydrogen-bond donors (Lipinski definition) is 1. The van der Waals surface area contributed by atoms with Crippen molar-refractivity contribution in [3.05, 3.63) is 54.6 Å². The van der Waals surface area contributed by atoms with Gasteiger partial charge in [0.2, 0.25) is 0 Å². The van der Waals surface area contributed by atoms with Crippen LogP contribution in [-0.4, -0.2) is 12.1 Å². The molecule has 1 saturated carbocycles. The van der Waals surface area contributed by atoms with Gasteiger partial charge in [-0.25, -0.2) is 0 Å². The van der Waals surface area contributed by atoms with Gasteiger partial charge in [0, 0.05) is 11.6 Å². The van der Waals surface area contributed by atoms with Gasteiger partial charge in [-0.2, -0.15) is 0 Å². The van der Waals surface area contributed by atoms with E-state index < -0.39 is 0 Å². The molecule has 0 radical (unpaired) electrons. The lowest BCUT2D eigenvalue weighted by atomic mass is 9.88. The molecule has 1 aliphatic rings. The molecule has 0 heterocycles. The zero-order chi connectivity index (χ0) is 14.9. The van der Waals surface area contributed by atoms with Crippen LogP contribution in [0.15, 0.2) is 54.6 Å². The molecule has 2 aromatic rings. The van der Waals surface area contributed by atoms with Gasteiger partial charge in [0.05, 0.1) is 0 Å². The highest BCUT2D eigenvalue weighted by Gasteiger charge is 2.41. The highest BCUT2D eigenvalue weighted by Crippen LogP contribution is 2.39. The average Bonchev–Trinajstić information content (AvgIpc) is 2.76. The third kappa shape index (κ3) is 2.81. The predicted molar refractivity (Wildman–Crippen MR) is 87.3 cm³/mol. The maximum absolute atomic E-state index is 6.37. The monoisotopic (exact) mass is 281 g/mol. The maximum Gasteiger partial charge on any atom is 0.127 e. The minimum absolute atomic E-state index is 0.0846. The number of para-hydroxylation sites is 1. The fourth-order valence-electron chi connectivity index (χ4n) is 3.08. The predicted octanol–water partition coefficient (Wildman–Crippen LogP) is 4.25. The van der Waals surface area contributed by atoms with Crippen molar-refractivity contribution in [1.82, 2.24) is 0 Å². The highest BCUT2D eigenvalue weighted by molar-refractivity contribution is 5.70. The molecule has 2 unspecified atom stereocenters. The van der Waals surface area contributed by atoms with E-state index in [4.69, 9.17) is 10.5 Å². The summed E-state index contributed by atoms with van der Waals surface area (Å²) in [4.78, 5) is 0. The molecule has 0 aromatic heterocycles. The third-order valence-electron chi connectivity index (χ3n) is 4.63. The molecular weight excluding hydrogens is 258 g/mol. The first-order chi connectivity index (χ1) is 10.1. The van der Waals surface area contributed by atoms with Gasteiger partial charge in [0.1, 0.15) is 11.9 Å². The van der Waals surface area contributed by atoms with Gasteiger partial charge in [-0.15, -0.1) is 0 Å². The minimum Gasteiger partial charge on any atom is -0.488 e. The summed E-state index contributed by atoms with van der Waals surface area (Å²) < 4.78 is 6.28. The van der Waals surface area contributed by atoms with Crippen LogP contribution in [0.2, 0.25) is 0 Å². The topological polar surface area (TPSA) is 35.2 Å². The molecule has 0 saturated heterocycles. The Morgan fingerprint density at radius 1 is 1.00 bits per heavy atom. The molecule has 2 N–H and O–H groups in total. The third-order valence-corrected chi connectivity index (χ3v) is 4.63. The summed E-state index contributed by atoms with van der Waals surface area (Å²) in [6.45, 7) is 4.45. The van der Waals surface area contributed by atoms with Crippen LogP contribution in [0.4, 0.5) is 0 Å². The molecule has 2 heteroatoms. The summed E-state index contributed by atoms with van der Waals surface area (Å²) in [5, 5.41) is 0. The molecular formula is C19H23NO. The fourth-order valence-corrected chi connectivity index (χ4v) is 3.08. The van der Waals surface area contributed by atoms with Crippen LogP contribution in [0.25, 0.3) is 11.1 Å². The van der Waals surface area contributed by atoms with Crippen molar-refractivity contribution in [1.29, 1.82) is 0 Å². The van der Waals surface area contributed by atoms with E-state index in [1.165, 1.54) is 5.56 Å². The van der Waals surface area contributed by atoms with Crippen LogP contribution in [0.1, 0.15) is 26.7 Å². The molecule has 110 valence electrons. The summed E-state index contributed by atoms with van der Waals surface area (Å²) in [6, 6.07) is 18.7. The Morgan fingerprint density at radius 3 is 2.33 bits per heavy atom. The van der Waals surface area contributed by atoms with Gasteiger partial charge in [0.15, 0.2) is 0 Å². The first kappa shape index (κ1) is 14.2. The molecule has 1 fully saturated rings. The van der Waals surface area contributed by atoms with Crippen LogP contribution in [-0.2, 0) is 0 Å². The van der Waals surface area contributed by atoms with Gasteiger partial charge in [-0.05, 0) is 29.9 Å². The Morgan fingerprint density at radius 2 is 1.67 bits per heavy atom. The number of hydrogen-bond acceptors (Lipinski definition) is 2. The van der Waals surface area contributed by atoms with Crippen molar-refractivity contribution in [2.24, 2.45) is 11.1 Å². The van der Waals surface area contributed by atoms with E-state index in [0.29, 0.717) is 0 Å². The van der Waals surface area contributed by atoms with Crippen molar-refractivity contribution < 1.29 is 4.74 Å². The second-order valence-electron chi connectivity index (χ2n) is 6.57. The Kier molecular flexibility index (Phi) is 3.73. The van der Waals surface area contributed by atoms with Crippen molar-refractivity contribution >= 4 is 0 Å². The van der Waals surface area contributed by atoms with E-state index in [1.54, 1.807) is 0 Å². The molecule has 21 heavy (non-hydrogen) atoms. The Labute approximate surface area is 126 Å². The normalized spacial score (nSPS) is 24.0. The van der Waals surface area contributed by atoms with Crippen LogP contribution in [0, 0.1) is 5.41 Å². The van der Waals surface area contributed by atoms with Crippen molar-refractivity contribution in [3.8, 4) is 16.9 Å². The summed E-state index contributed by atoms with van der Waals surface area (Å²) in [5.74, 6) is 0.932. The van der Waals surface area contributed by atoms with E-state index in [1.807, 2.05) is 24.3 Å². The average molecular weight is 281 g/mol. The number of nitrogens with two attached hydrogens (primary N) is 1. The second-order valence-corrected chi connectivity index (χ2v) is 6.57. The van der Waals surface area contributed by atoms with Crippen LogP contribution >= 0.6 is 0 Å². The van der Waals surface area contributed by atoms with E-state index in [2.05, 4.69) is 44.2 Å². The largest absolute Gasteiger partial charge is 0.488 e. The lowest BCUT2D eigenvalue weighted by Gasteiger charge is -2.27. The van der Waals surface area contributed by atoms with Gasteiger partial charge in [-0.3, -0.25) is 0 Å². The smallest absolute Gasteiger partial charge is 0.127 e. The molecule has 1 aliphatic carbocycles. The summed E-state index contributed by atoms with van der Waals surface area (Å²) in [5.41, 5.74) is 8.84. The molecule has 2 nitrogen and oxygen atoms in total. The maximum atomic E-state index is 6.37. The van der Waals surface area contributed by atoms with E-state index in [9.17, 15) is 0 Å². The Bertz CT molecular complexity index is 606. The minimum atomic E-state index is 0.0846. The summed E-state index contributed by atoms with van der Waals surface area (Å²) in [6.07, 6.45) is 2.24. The zero-order valence-corrected chi connectivity index (χ0v) is 12.8. The molecule has 2 aromatic carbocycles. The molecule has 3 rings (SSSR count). The van der Waals surface area contributed by atoms with E-state index in [-0.39, 0.29) is 17.6 Å². The first-order valence-corrected chi connectivity index (χ1v) is 7.65. The summed E-state index contributed by atoms with van der Waals surface area (Å²) in [7, 11) is 0. The standard InChI is InChI=1S/C19H23NO/c1-19(2)13-12-17(18(19)20)21-16-11-7-6-10-15(16)14-8-4-3-5-9-14/h3-11,17-18H,12-13,20H2,1-2H3. The number of ether oxygens (including phenoxy) is 1. The lowest BCUT2D eigenvalue weighted by Crippen LogP contribution is -2.42.